The lowest BCUT2D eigenvalue weighted by molar-refractivity contribution is -0.0918. The summed E-state index contributed by atoms with van der Waals surface area (Å²) in [6.45, 7) is 11.3. The third kappa shape index (κ3) is 8.72. The Hall–Kier alpha value is -2.11. The predicted octanol–water partition coefficient (Wildman–Crippen LogP) is 8.91. The van der Waals surface area contributed by atoms with Crippen LogP contribution in [0.3, 0.4) is 0 Å². The van der Waals surface area contributed by atoms with Crippen LogP contribution in [-0.2, 0) is 32.2 Å². The number of nitrogens with one attached hydrogen (secondary N) is 2. The van der Waals surface area contributed by atoms with Crippen molar-refractivity contribution in [3.05, 3.63) is 53.4 Å². The molecule has 2 aromatic rings. The van der Waals surface area contributed by atoms with Gasteiger partial charge < -0.3 is 24.1 Å². The van der Waals surface area contributed by atoms with Gasteiger partial charge in [0.1, 0.15) is 11.2 Å². The van der Waals surface area contributed by atoms with Crippen molar-refractivity contribution in [1.29, 1.82) is 5.26 Å². The minimum Gasteiger partial charge on any atom is -0.444 e. The van der Waals surface area contributed by atoms with Crippen molar-refractivity contribution in [3.8, 4) is 6.07 Å². The normalized spacial score (nSPS) is 17.3. The lowest BCUT2D eigenvalue weighted by Crippen LogP contribution is -2.27. The molecule has 0 bridgehead atoms. The van der Waals surface area contributed by atoms with Gasteiger partial charge in [0.25, 0.3) is 0 Å². The van der Waals surface area contributed by atoms with Gasteiger partial charge in [-0.1, -0.05) is 23.2 Å². The smallest absolute Gasteiger partial charge is 0.412 e. The molecule has 0 saturated heterocycles. The number of anilines is 2. The summed E-state index contributed by atoms with van der Waals surface area (Å²) in [4.78, 5) is 23.7. The summed E-state index contributed by atoms with van der Waals surface area (Å²) in [7, 11) is 0. The second kappa shape index (κ2) is 13.7. The zero-order valence-corrected chi connectivity index (χ0v) is 28.5. The van der Waals surface area contributed by atoms with Crippen LogP contribution in [0.15, 0.2) is 21.1 Å². The molecule has 0 fully saturated rings. The second-order valence-electron chi connectivity index (χ2n) is 11.3. The van der Waals surface area contributed by atoms with E-state index in [1.807, 2.05) is 0 Å². The van der Waals surface area contributed by atoms with Gasteiger partial charge in [0.15, 0.2) is 6.29 Å². The van der Waals surface area contributed by atoms with Crippen molar-refractivity contribution >= 4 is 78.6 Å². The van der Waals surface area contributed by atoms with Gasteiger partial charge in [0.05, 0.1) is 53.2 Å². The molecule has 10 nitrogen and oxygen atoms in total. The maximum atomic E-state index is 11.9. The first-order chi connectivity index (χ1) is 19.4. The first-order valence-electron chi connectivity index (χ1n) is 12.7. The molecule has 0 aliphatic carbocycles. The van der Waals surface area contributed by atoms with Gasteiger partial charge in [-0.2, -0.15) is 5.26 Å². The van der Waals surface area contributed by atoms with Crippen molar-refractivity contribution < 1.29 is 33.6 Å². The lowest BCUT2D eigenvalue weighted by Gasteiger charge is -2.20. The largest absolute Gasteiger partial charge is 0.444 e. The maximum absolute atomic E-state index is 11.9. The van der Waals surface area contributed by atoms with Crippen LogP contribution in [0, 0.1) is 11.3 Å². The Bertz CT molecular complexity index is 1420. The number of halogens is 4. The van der Waals surface area contributed by atoms with Crippen molar-refractivity contribution in [2.45, 2.75) is 84.8 Å². The molecule has 228 valence electrons. The Labute approximate surface area is 271 Å². The highest BCUT2D eigenvalue weighted by molar-refractivity contribution is 9.11. The summed E-state index contributed by atoms with van der Waals surface area (Å²) in [6, 6.07) is 5.42. The molecule has 0 spiro atoms. The Morgan fingerprint density at radius 1 is 0.929 bits per heavy atom. The van der Waals surface area contributed by atoms with Crippen LogP contribution in [0.1, 0.15) is 82.6 Å². The third-order valence-electron chi connectivity index (χ3n) is 5.66. The summed E-state index contributed by atoms with van der Waals surface area (Å²) >= 11 is 19.2. The average Bonchev–Trinajstić information content (AvgIpc) is 3.42. The van der Waals surface area contributed by atoms with Gasteiger partial charge in [-0.05, 0) is 96.7 Å². The molecular formula is C28H31Br2Cl2N3O7. The van der Waals surface area contributed by atoms with E-state index in [2.05, 4.69) is 48.6 Å². The number of carbonyl (C=O) groups excluding carboxylic acids is 2. The van der Waals surface area contributed by atoms with Crippen LogP contribution >= 0.6 is 55.1 Å². The molecule has 2 unspecified atom stereocenters. The number of hydrogen-bond donors (Lipinski definition) is 3. The minimum absolute atomic E-state index is 0.243. The number of hydrogen-bond acceptors (Lipinski definition) is 8. The fraction of sp³-hybridized carbons (Fsp3) is 0.464. The van der Waals surface area contributed by atoms with Gasteiger partial charge >= 0.3 is 12.2 Å². The molecule has 0 aromatic heterocycles. The van der Waals surface area contributed by atoms with Gasteiger partial charge in [0.2, 0.25) is 0 Å². The number of nitrogens with zero attached hydrogens (tertiary/aromatic N) is 1. The molecule has 42 heavy (non-hydrogen) atoms. The highest BCUT2D eigenvalue weighted by Crippen LogP contribution is 2.44. The van der Waals surface area contributed by atoms with Gasteiger partial charge in [0, 0.05) is 20.1 Å². The number of carbonyl (C=O) groups is 2. The van der Waals surface area contributed by atoms with E-state index in [1.165, 1.54) is 0 Å². The van der Waals surface area contributed by atoms with Crippen molar-refractivity contribution in [2.24, 2.45) is 0 Å². The van der Waals surface area contributed by atoms with Crippen LogP contribution in [0.4, 0.5) is 21.0 Å². The highest BCUT2D eigenvalue weighted by atomic mass is 79.9. The van der Waals surface area contributed by atoms with E-state index in [0.717, 1.165) is 16.7 Å². The predicted molar refractivity (Wildman–Crippen MR) is 166 cm³/mol. The first kappa shape index (κ1) is 34.4. The summed E-state index contributed by atoms with van der Waals surface area (Å²) in [5.41, 5.74) is 2.68. The summed E-state index contributed by atoms with van der Waals surface area (Å²) < 4.78 is 22.4. The van der Waals surface area contributed by atoms with Crippen LogP contribution in [0.2, 0.25) is 10.0 Å². The summed E-state index contributed by atoms with van der Waals surface area (Å²) in [5.74, 6) is 0. The van der Waals surface area contributed by atoms with E-state index in [1.54, 1.807) is 53.7 Å². The second-order valence-corrected chi connectivity index (χ2v) is 13.7. The Morgan fingerprint density at radius 3 is 1.81 bits per heavy atom. The molecule has 14 heteroatoms. The van der Waals surface area contributed by atoms with Crippen LogP contribution in [0.5, 0.6) is 0 Å². The molecule has 2 aliphatic heterocycles. The number of rotatable bonds is 3. The Morgan fingerprint density at radius 2 is 1.36 bits per heavy atom. The van der Waals surface area contributed by atoms with E-state index >= 15 is 0 Å². The van der Waals surface area contributed by atoms with Crippen molar-refractivity contribution in [2.75, 3.05) is 10.6 Å². The number of nitriles is 1. The zero-order valence-electron chi connectivity index (χ0n) is 23.8. The lowest BCUT2D eigenvalue weighted by atomic mass is 10.0. The number of benzene rings is 2. The molecule has 2 amide bonds. The molecule has 2 atom stereocenters. The van der Waals surface area contributed by atoms with Gasteiger partial charge in [-0.15, -0.1) is 0 Å². The maximum Gasteiger partial charge on any atom is 0.412 e. The molecule has 3 N–H and O–H groups in total. The van der Waals surface area contributed by atoms with Crippen LogP contribution in [0.25, 0.3) is 0 Å². The minimum atomic E-state index is -1.02. The van der Waals surface area contributed by atoms with Crippen molar-refractivity contribution in [1.82, 2.24) is 0 Å². The Kier molecular flexibility index (Phi) is 11.2. The standard InChI is InChI=1S/C15H16BrClN2O3.C13H15BrClNO4/c1-15(2,3)22-14(20)19-10-6-8-9(12(16)13(10)17)7-21-11(8)4-5-18;1-13(2,3)20-12(18)16-8-4-6-7(5-19-11(6)17)9(14)10(8)15/h6,11H,4,7H2,1-3H3,(H,19,20);4,11,17H,5H2,1-3H3,(H,16,18). The van der Waals surface area contributed by atoms with E-state index in [9.17, 15) is 14.7 Å². The van der Waals surface area contributed by atoms with E-state index in [-0.39, 0.29) is 19.1 Å². The van der Waals surface area contributed by atoms with E-state index < -0.39 is 29.7 Å². The molecule has 0 radical (unpaired) electrons. The van der Waals surface area contributed by atoms with Gasteiger partial charge in [-0.3, -0.25) is 10.6 Å². The van der Waals surface area contributed by atoms with Gasteiger partial charge in [-0.25, -0.2) is 9.59 Å². The fourth-order valence-corrected chi connectivity index (χ4v) is 5.50. The third-order valence-corrected chi connectivity index (χ3v) is 8.65. The van der Waals surface area contributed by atoms with Crippen LogP contribution < -0.4 is 10.6 Å². The van der Waals surface area contributed by atoms with E-state index in [4.69, 9.17) is 47.4 Å². The number of amides is 2. The quantitative estimate of drug-likeness (QED) is 0.283. The molecule has 2 aliphatic rings. The zero-order chi connectivity index (χ0) is 31.6. The molecule has 4 rings (SSSR count). The molecular weight excluding hydrogens is 721 g/mol. The fourth-order valence-electron chi connectivity index (χ4n) is 3.95. The van der Waals surface area contributed by atoms with E-state index in [0.29, 0.717) is 42.5 Å². The molecule has 0 saturated carbocycles. The topological polar surface area (TPSA) is 139 Å². The highest BCUT2D eigenvalue weighted by Gasteiger charge is 2.29. The monoisotopic (exact) mass is 749 g/mol. The summed E-state index contributed by atoms with van der Waals surface area (Å²) in [6.07, 6.45) is -2.28. The number of aliphatic hydroxyl groups excluding tert-OH is 1. The Balaban J connectivity index is 0.000000231. The first-order valence-corrected chi connectivity index (χ1v) is 15.1. The SMILES string of the molecule is CC(C)(C)OC(=O)Nc1cc2c(c(Br)c1Cl)COC2CC#N.CC(C)(C)OC(=O)Nc1cc2c(c(Br)c1Cl)COC2O. The average molecular weight is 752 g/mol. The molecule has 2 aromatic carbocycles. The summed E-state index contributed by atoms with van der Waals surface area (Å²) in [5, 5.41) is 24.5. The van der Waals surface area contributed by atoms with Crippen molar-refractivity contribution in [3.63, 3.8) is 0 Å². The number of fused-ring (bicyclic) bond motifs is 2. The number of ether oxygens (including phenoxy) is 4. The van der Waals surface area contributed by atoms with Crippen LogP contribution in [-0.4, -0.2) is 28.5 Å². The number of aliphatic hydroxyl groups is 1. The molecule has 2 heterocycles.